The largest absolute Gasteiger partial charge is 0.364 e. The number of Topliss-reactive ketones (excluding diaryl/α,β-unsaturated/α-hetero) is 1. The van der Waals surface area contributed by atoms with Gasteiger partial charge in [-0.05, 0) is 24.5 Å². The lowest BCUT2D eigenvalue weighted by molar-refractivity contribution is 0.0971. The van der Waals surface area contributed by atoms with Crippen LogP contribution in [0.25, 0.3) is 0 Å². The van der Waals surface area contributed by atoms with Crippen LogP contribution >= 0.6 is 0 Å². The molecule has 0 saturated heterocycles. The zero-order valence-corrected chi connectivity index (χ0v) is 8.98. The first-order valence-electron chi connectivity index (χ1n) is 5.46. The zero-order chi connectivity index (χ0) is 11.5. The number of carbonyl (C=O) groups excluding carboxylic acids is 2. The number of ketones is 1. The van der Waals surface area contributed by atoms with Crippen molar-refractivity contribution in [2.75, 3.05) is 0 Å². The van der Waals surface area contributed by atoms with Crippen LogP contribution in [0, 0.1) is 5.92 Å². The summed E-state index contributed by atoms with van der Waals surface area (Å²) >= 11 is 0. The van der Waals surface area contributed by atoms with Gasteiger partial charge < -0.3 is 5.73 Å². The number of hydrogen-bond acceptors (Lipinski definition) is 3. The molecule has 0 atom stereocenters. The van der Waals surface area contributed by atoms with Gasteiger partial charge in [-0.3, -0.25) is 14.6 Å². The molecule has 0 radical (unpaired) electrons. The predicted octanol–water partition coefficient (Wildman–Crippen LogP) is 1.55. The Kier molecular flexibility index (Phi) is 2.99. The van der Waals surface area contributed by atoms with Crippen molar-refractivity contribution in [2.45, 2.75) is 25.7 Å². The number of amides is 1. The van der Waals surface area contributed by atoms with E-state index in [-0.39, 0.29) is 11.5 Å². The van der Waals surface area contributed by atoms with Crippen molar-refractivity contribution in [3.63, 3.8) is 0 Å². The molecule has 2 rings (SSSR count). The lowest BCUT2D eigenvalue weighted by atomic mass is 10.1. The lowest BCUT2D eigenvalue weighted by Crippen LogP contribution is -2.13. The Morgan fingerprint density at radius 2 is 2.12 bits per heavy atom. The maximum Gasteiger partial charge on any atom is 0.267 e. The van der Waals surface area contributed by atoms with Crippen molar-refractivity contribution < 1.29 is 9.59 Å². The van der Waals surface area contributed by atoms with Crippen LogP contribution < -0.4 is 5.73 Å². The highest BCUT2D eigenvalue weighted by Crippen LogP contribution is 2.33. The molecule has 0 aromatic carbocycles. The van der Waals surface area contributed by atoms with Gasteiger partial charge in [0.25, 0.3) is 5.91 Å². The summed E-state index contributed by atoms with van der Waals surface area (Å²) in [6.45, 7) is 0. The summed E-state index contributed by atoms with van der Waals surface area (Å²) in [5, 5.41) is 0. The van der Waals surface area contributed by atoms with Crippen LogP contribution in [0.1, 0.15) is 46.5 Å². The Morgan fingerprint density at radius 1 is 1.38 bits per heavy atom. The lowest BCUT2D eigenvalue weighted by Gasteiger charge is -2.00. The third kappa shape index (κ3) is 2.66. The fraction of sp³-hybridized carbons (Fsp3) is 0.417. The third-order valence-electron chi connectivity index (χ3n) is 2.81. The molecule has 1 amide bonds. The smallest absolute Gasteiger partial charge is 0.267 e. The number of pyridine rings is 1. The van der Waals surface area contributed by atoms with Crippen LogP contribution in [-0.2, 0) is 0 Å². The summed E-state index contributed by atoms with van der Waals surface area (Å²) in [5.41, 5.74) is 5.81. The van der Waals surface area contributed by atoms with Crippen LogP contribution in [0.5, 0.6) is 0 Å². The van der Waals surface area contributed by atoms with Crippen LogP contribution in [0.3, 0.4) is 0 Å². The van der Waals surface area contributed by atoms with Gasteiger partial charge in [-0.2, -0.15) is 0 Å². The van der Waals surface area contributed by atoms with Gasteiger partial charge in [0.05, 0.1) is 0 Å². The Labute approximate surface area is 93.9 Å². The molecule has 0 spiro atoms. The molecule has 84 valence electrons. The number of nitrogens with zero attached hydrogens (tertiary/aromatic N) is 1. The van der Waals surface area contributed by atoms with Crippen molar-refractivity contribution in [3.8, 4) is 0 Å². The second-order valence-electron chi connectivity index (χ2n) is 4.20. The SMILES string of the molecule is NC(=O)c1ccc(C(=O)CCC2CC2)cn1. The molecule has 1 aliphatic rings. The van der Waals surface area contributed by atoms with Crippen molar-refractivity contribution in [1.29, 1.82) is 0 Å². The zero-order valence-electron chi connectivity index (χ0n) is 8.98. The van der Waals surface area contributed by atoms with Gasteiger partial charge in [-0.1, -0.05) is 12.8 Å². The topological polar surface area (TPSA) is 73.1 Å². The Bertz CT molecular complexity index is 408. The number of carbonyl (C=O) groups is 2. The summed E-state index contributed by atoms with van der Waals surface area (Å²) in [7, 11) is 0. The Hall–Kier alpha value is -1.71. The second-order valence-corrected chi connectivity index (χ2v) is 4.20. The first-order chi connectivity index (χ1) is 7.66. The molecule has 16 heavy (non-hydrogen) atoms. The van der Waals surface area contributed by atoms with Crippen molar-refractivity contribution in [3.05, 3.63) is 29.6 Å². The van der Waals surface area contributed by atoms with E-state index < -0.39 is 5.91 Å². The summed E-state index contributed by atoms with van der Waals surface area (Å²) < 4.78 is 0. The molecule has 0 unspecified atom stereocenters. The minimum Gasteiger partial charge on any atom is -0.364 e. The average molecular weight is 218 g/mol. The number of primary amides is 1. The predicted molar refractivity (Wildman–Crippen MR) is 59.0 cm³/mol. The van der Waals surface area contributed by atoms with E-state index in [9.17, 15) is 9.59 Å². The number of aromatic nitrogens is 1. The molecule has 0 bridgehead atoms. The van der Waals surface area contributed by atoms with E-state index in [2.05, 4.69) is 4.98 Å². The highest BCUT2D eigenvalue weighted by molar-refractivity contribution is 5.97. The second kappa shape index (κ2) is 4.43. The number of hydrogen-bond donors (Lipinski definition) is 1. The maximum atomic E-state index is 11.7. The Morgan fingerprint density at radius 3 is 2.62 bits per heavy atom. The highest BCUT2D eigenvalue weighted by atomic mass is 16.1. The standard InChI is InChI=1S/C12H14N2O2/c13-12(16)10-5-4-9(7-14-10)11(15)6-3-8-1-2-8/h4-5,7-8H,1-3,6H2,(H2,13,16). The van der Waals surface area contributed by atoms with Crippen molar-refractivity contribution >= 4 is 11.7 Å². The third-order valence-corrected chi connectivity index (χ3v) is 2.81. The molecule has 2 N–H and O–H groups in total. The molecule has 0 aliphatic heterocycles. The summed E-state index contributed by atoms with van der Waals surface area (Å²) in [6.07, 6.45) is 5.48. The summed E-state index contributed by atoms with van der Waals surface area (Å²) in [6, 6.07) is 3.11. The van der Waals surface area contributed by atoms with Crippen LogP contribution in [0.15, 0.2) is 18.3 Å². The van der Waals surface area contributed by atoms with Gasteiger partial charge in [-0.25, -0.2) is 0 Å². The van der Waals surface area contributed by atoms with E-state index in [0.29, 0.717) is 12.0 Å². The van der Waals surface area contributed by atoms with Gasteiger partial charge in [0.15, 0.2) is 5.78 Å². The van der Waals surface area contributed by atoms with Gasteiger partial charge in [0.1, 0.15) is 5.69 Å². The monoisotopic (exact) mass is 218 g/mol. The van der Waals surface area contributed by atoms with Crippen molar-refractivity contribution in [2.24, 2.45) is 11.7 Å². The quantitative estimate of drug-likeness (QED) is 0.762. The summed E-state index contributed by atoms with van der Waals surface area (Å²) in [5.74, 6) is 0.272. The van der Waals surface area contributed by atoms with Gasteiger partial charge in [0, 0.05) is 18.2 Å². The maximum absolute atomic E-state index is 11.7. The molecule has 1 aromatic rings. The number of rotatable bonds is 5. The molecule has 1 aromatic heterocycles. The minimum atomic E-state index is -0.572. The van der Waals surface area contributed by atoms with Crippen molar-refractivity contribution in [1.82, 2.24) is 4.98 Å². The Balaban J connectivity index is 1.96. The molecular weight excluding hydrogens is 204 g/mol. The summed E-state index contributed by atoms with van der Waals surface area (Å²) in [4.78, 5) is 26.3. The highest BCUT2D eigenvalue weighted by Gasteiger charge is 2.22. The molecule has 1 saturated carbocycles. The van der Waals surface area contributed by atoms with Crippen LogP contribution in [0.2, 0.25) is 0 Å². The van der Waals surface area contributed by atoms with Gasteiger partial charge in [0.2, 0.25) is 0 Å². The first-order valence-corrected chi connectivity index (χ1v) is 5.46. The first kappa shape index (κ1) is 10.8. The molecular formula is C12H14N2O2. The fourth-order valence-corrected chi connectivity index (χ4v) is 1.59. The van der Waals surface area contributed by atoms with E-state index in [0.717, 1.165) is 12.3 Å². The fourth-order valence-electron chi connectivity index (χ4n) is 1.59. The minimum absolute atomic E-state index is 0.0930. The molecule has 1 fully saturated rings. The van der Waals surface area contributed by atoms with Gasteiger partial charge >= 0.3 is 0 Å². The molecule has 1 heterocycles. The number of nitrogens with two attached hydrogens (primary N) is 1. The van der Waals surface area contributed by atoms with E-state index in [1.807, 2.05) is 0 Å². The molecule has 4 nitrogen and oxygen atoms in total. The van der Waals surface area contributed by atoms with E-state index in [1.165, 1.54) is 25.1 Å². The molecule has 1 aliphatic carbocycles. The van der Waals surface area contributed by atoms with Crippen LogP contribution in [0.4, 0.5) is 0 Å². The van der Waals surface area contributed by atoms with E-state index >= 15 is 0 Å². The average Bonchev–Trinajstić information content (AvgIpc) is 3.10. The normalized spacial score (nSPS) is 14.8. The molecule has 4 heteroatoms. The van der Waals surface area contributed by atoms with Crippen LogP contribution in [-0.4, -0.2) is 16.7 Å². The van der Waals surface area contributed by atoms with E-state index in [1.54, 1.807) is 6.07 Å². The van der Waals surface area contributed by atoms with Gasteiger partial charge in [-0.15, -0.1) is 0 Å². The van der Waals surface area contributed by atoms with E-state index in [4.69, 9.17) is 5.73 Å².